The van der Waals surface area contributed by atoms with E-state index in [0.29, 0.717) is 14.9 Å². The molecule has 0 aliphatic rings. The van der Waals surface area contributed by atoms with E-state index in [1.54, 1.807) is 6.26 Å². The summed E-state index contributed by atoms with van der Waals surface area (Å²) in [5, 5.41) is 12.7. The molecule has 0 aliphatic heterocycles. The van der Waals surface area contributed by atoms with Gasteiger partial charge in [-0.3, -0.25) is 5.32 Å². The lowest BCUT2D eigenvalue weighted by molar-refractivity contribution is -0.143. The lowest BCUT2D eigenvalue weighted by atomic mass is 10.3. The highest BCUT2D eigenvalue weighted by Gasteiger charge is 2.40. The normalized spacial score (nSPS) is 11.4. The van der Waals surface area contributed by atoms with Crippen LogP contribution < -0.4 is 10.1 Å². The number of carbonyl (C=O) groups is 1. The van der Waals surface area contributed by atoms with Crippen molar-refractivity contribution in [3.63, 3.8) is 0 Å². The first-order valence-electron chi connectivity index (χ1n) is 7.14. The standard InChI is InChI=1S/C14H10ClF3N6O2S/c1-27-12-20-11(22-23-12)21-13(25)26-9-6-19-24(10(9)14(16,17)18)8-4-2-7(15)3-5-8/h2-6H,1H3,(H2,20,21,22,23,25). The molecule has 0 atom stereocenters. The average molecular weight is 419 g/mol. The molecule has 3 rings (SSSR count). The van der Waals surface area contributed by atoms with Gasteiger partial charge >= 0.3 is 12.3 Å². The van der Waals surface area contributed by atoms with Crippen LogP contribution >= 0.6 is 23.4 Å². The van der Waals surface area contributed by atoms with Crippen LogP contribution in [0.2, 0.25) is 5.02 Å². The van der Waals surface area contributed by atoms with Crippen LogP contribution in [0.25, 0.3) is 5.69 Å². The number of thioether (sulfide) groups is 1. The molecule has 0 fully saturated rings. The topological polar surface area (TPSA) is 97.7 Å². The third-order valence-electron chi connectivity index (χ3n) is 3.15. The van der Waals surface area contributed by atoms with Gasteiger partial charge in [-0.15, -0.1) is 5.10 Å². The van der Waals surface area contributed by atoms with Gasteiger partial charge in [-0.1, -0.05) is 23.4 Å². The van der Waals surface area contributed by atoms with Crippen molar-refractivity contribution in [1.29, 1.82) is 0 Å². The minimum absolute atomic E-state index is 0.0667. The molecule has 27 heavy (non-hydrogen) atoms. The number of ether oxygens (including phenoxy) is 1. The number of nitrogens with zero attached hydrogens (tertiary/aromatic N) is 4. The SMILES string of the molecule is CSc1n[nH]c(NC(=O)Oc2cnn(-c3ccc(Cl)cc3)c2C(F)(F)F)n1. The second kappa shape index (κ2) is 7.48. The van der Waals surface area contributed by atoms with Crippen molar-refractivity contribution in [2.24, 2.45) is 0 Å². The van der Waals surface area contributed by atoms with Crippen molar-refractivity contribution < 1.29 is 22.7 Å². The Morgan fingerprint density at radius 1 is 1.33 bits per heavy atom. The summed E-state index contributed by atoms with van der Waals surface area (Å²) in [6.45, 7) is 0. The van der Waals surface area contributed by atoms with Crippen LogP contribution in [0, 0.1) is 0 Å². The highest BCUT2D eigenvalue weighted by atomic mass is 35.5. The van der Waals surface area contributed by atoms with Crippen molar-refractivity contribution >= 4 is 35.4 Å². The summed E-state index contributed by atoms with van der Waals surface area (Å²) >= 11 is 6.96. The number of halogens is 4. The van der Waals surface area contributed by atoms with Gasteiger partial charge in [0.1, 0.15) is 0 Å². The first-order chi connectivity index (χ1) is 12.8. The minimum Gasteiger partial charge on any atom is -0.406 e. The van der Waals surface area contributed by atoms with Gasteiger partial charge in [0, 0.05) is 5.02 Å². The van der Waals surface area contributed by atoms with Gasteiger partial charge in [0.05, 0.1) is 11.9 Å². The first-order valence-corrected chi connectivity index (χ1v) is 8.74. The Morgan fingerprint density at radius 3 is 2.63 bits per heavy atom. The van der Waals surface area contributed by atoms with Crippen LogP contribution in [-0.2, 0) is 6.18 Å². The number of rotatable bonds is 4. The Hall–Kier alpha value is -2.73. The van der Waals surface area contributed by atoms with Gasteiger partial charge in [-0.25, -0.2) is 14.6 Å². The molecule has 2 aromatic heterocycles. The van der Waals surface area contributed by atoms with E-state index in [4.69, 9.17) is 16.3 Å². The molecule has 2 N–H and O–H groups in total. The zero-order valence-electron chi connectivity index (χ0n) is 13.4. The number of H-pyrrole nitrogens is 1. The average Bonchev–Trinajstić information content (AvgIpc) is 3.22. The van der Waals surface area contributed by atoms with Crippen LogP contribution in [-0.4, -0.2) is 37.3 Å². The van der Waals surface area contributed by atoms with Crippen LogP contribution in [0.5, 0.6) is 5.75 Å². The molecule has 2 heterocycles. The Kier molecular flexibility index (Phi) is 5.28. The van der Waals surface area contributed by atoms with Gasteiger partial charge in [-0.05, 0) is 30.5 Å². The van der Waals surface area contributed by atoms with Gasteiger partial charge < -0.3 is 4.74 Å². The van der Waals surface area contributed by atoms with Crippen LogP contribution in [0.3, 0.4) is 0 Å². The number of carbonyl (C=O) groups excluding carboxylic acids is 1. The van der Waals surface area contributed by atoms with Crippen molar-refractivity contribution in [2.45, 2.75) is 11.3 Å². The highest BCUT2D eigenvalue weighted by molar-refractivity contribution is 7.98. The molecule has 142 valence electrons. The number of hydrogen-bond donors (Lipinski definition) is 2. The lowest BCUT2D eigenvalue weighted by Crippen LogP contribution is -2.20. The largest absolute Gasteiger partial charge is 0.437 e. The van der Waals surface area contributed by atoms with E-state index in [1.807, 2.05) is 0 Å². The minimum atomic E-state index is -4.83. The Bertz CT molecular complexity index is 957. The van der Waals surface area contributed by atoms with Gasteiger partial charge in [-0.2, -0.15) is 23.3 Å². The third-order valence-corrected chi connectivity index (χ3v) is 3.95. The monoisotopic (exact) mass is 418 g/mol. The maximum Gasteiger partial charge on any atom is 0.437 e. The summed E-state index contributed by atoms with van der Waals surface area (Å²) in [4.78, 5) is 15.8. The molecule has 0 saturated heterocycles. The molecular formula is C14H10ClF3N6O2S. The summed E-state index contributed by atoms with van der Waals surface area (Å²) in [5.74, 6) is -0.831. The fraction of sp³-hybridized carbons (Fsp3) is 0.143. The van der Waals surface area contributed by atoms with E-state index in [9.17, 15) is 18.0 Å². The van der Waals surface area contributed by atoms with E-state index in [0.717, 1.165) is 6.20 Å². The van der Waals surface area contributed by atoms with E-state index in [1.165, 1.54) is 36.0 Å². The van der Waals surface area contributed by atoms with Gasteiger partial charge in [0.15, 0.2) is 11.4 Å². The highest BCUT2D eigenvalue weighted by Crippen LogP contribution is 2.37. The summed E-state index contributed by atoms with van der Waals surface area (Å²) in [5.41, 5.74) is -1.15. The van der Waals surface area contributed by atoms with Gasteiger partial charge in [0.2, 0.25) is 11.1 Å². The smallest absolute Gasteiger partial charge is 0.406 e. The van der Waals surface area contributed by atoms with E-state index < -0.39 is 23.7 Å². The number of hydrogen-bond acceptors (Lipinski definition) is 6. The first kappa shape index (κ1) is 19.0. The third kappa shape index (κ3) is 4.34. The van der Waals surface area contributed by atoms with E-state index >= 15 is 0 Å². The predicted molar refractivity (Wildman–Crippen MR) is 91.4 cm³/mol. The molecular weight excluding hydrogens is 409 g/mol. The number of aromatic amines is 1. The van der Waals surface area contributed by atoms with Crippen molar-refractivity contribution in [3.8, 4) is 11.4 Å². The lowest BCUT2D eigenvalue weighted by Gasteiger charge is -2.12. The fourth-order valence-corrected chi connectivity index (χ4v) is 2.51. The Morgan fingerprint density at radius 2 is 2.04 bits per heavy atom. The number of anilines is 1. The zero-order chi connectivity index (χ0) is 19.6. The molecule has 13 heteroatoms. The fourth-order valence-electron chi connectivity index (χ4n) is 2.06. The summed E-state index contributed by atoms with van der Waals surface area (Å²) in [7, 11) is 0. The molecule has 0 saturated carbocycles. The molecule has 0 aliphatic carbocycles. The number of aromatic nitrogens is 5. The molecule has 3 aromatic rings. The molecule has 1 amide bonds. The summed E-state index contributed by atoms with van der Waals surface area (Å²) in [6.07, 6.45) is -3.50. The van der Waals surface area contributed by atoms with Crippen molar-refractivity contribution in [1.82, 2.24) is 25.0 Å². The van der Waals surface area contributed by atoms with Crippen LogP contribution in [0.4, 0.5) is 23.9 Å². The van der Waals surface area contributed by atoms with E-state index in [2.05, 4.69) is 25.6 Å². The maximum absolute atomic E-state index is 13.5. The number of alkyl halides is 3. The predicted octanol–water partition coefficient (Wildman–Crippen LogP) is 4.00. The summed E-state index contributed by atoms with van der Waals surface area (Å²) < 4.78 is 45.9. The van der Waals surface area contributed by atoms with Crippen molar-refractivity contribution in [2.75, 3.05) is 11.6 Å². The molecule has 8 nitrogen and oxygen atoms in total. The van der Waals surface area contributed by atoms with Crippen LogP contribution in [0.1, 0.15) is 5.69 Å². The molecule has 0 spiro atoms. The summed E-state index contributed by atoms with van der Waals surface area (Å²) in [6, 6.07) is 5.54. The van der Waals surface area contributed by atoms with Crippen molar-refractivity contribution in [3.05, 3.63) is 41.2 Å². The second-order valence-electron chi connectivity index (χ2n) is 4.93. The quantitative estimate of drug-likeness (QED) is 0.621. The molecule has 0 bridgehead atoms. The van der Waals surface area contributed by atoms with Gasteiger partial charge in [0.25, 0.3) is 0 Å². The number of amides is 1. The second-order valence-corrected chi connectivity index (χ2v) is 6.14. The van der Waals surface area contributed by atoms with E-state index in [-0.39, 0.29) is 11.6 Å². The zero-order valence-corrected chi connectivity index (χ0v) is 15.0. The van der Waals surface area contributed by atoms with Crippen LogP contribution in [0.15, 0.2) is 35.6 Å². The number of benzene rings is 1. The maximum atomic E-state index is 13.5. The number of nitrogens with one attached hydrogen (secondary N) is 2. The Labute approximate surface area is 159 Å². The Balaban J connectivity index is 1.86. The molecule has 0 radical (unpaired) electrons. The molecule has 0 unspecified atom stereocenters. The molecule has 1 aromatic carbocycles.